The Morgan fingerprint density at radius 2 is 1.96 bits per heavy atom. The first-order chi connectivity index (χ1) is 12.5. The summed E-state index contributed by atoms with van der Waals surface area (Å²) in [7, 11) is 0. The van der Waals surface area contributed by atoms with Crippen LogP contribution in [0.3, 0.4) is 0 Å². The van der Waals surface area contributed by atoms with Crippen LogP contribution in [-0.2, 0) is 0 Å². The van der Waals surface area contributed by atoms with E-state index >= 15 is 0 Å². The van der Waals surface area contributed by atoms with Gasteiger partial charge in [0.15, 0.2) is 11.5 Å². The first-order valence-corrected chi connectivity index (χ1v) is 8.40. The zero-order valence-corrected chi connectivity index (χ0v) is 14.1. The molecule has 1 saturated carbocycles. The van der Waals surface area contributed by atoms with Gasteiger partial charge in [0.2, 0.25) is 11.8 Å². The summed E-state index contributed by atoms with van der Waals surface area (Å²) < 4.78 is 10.9. The molecule has 3 aromatic rings. The van der Waals surface area contributed by atoms with Crippen molar-refractivity contribution in [1.29, 1.82) is 0 Å². The second kappa shape index (κ2) is 6.38. The molecule has 1 atom stereocenters. The number of carbonyl (C=O) groups is 1. The lowest BCUT2D eigenvalue weighted by atomic mass is 9.70. The largest absolute Gasteiger partial charge is 0.422 e. The number of carbonyl (C=O) groups excluding carboxylic acids is 1. The van der Waals surface area contributed by atoms with Crippen LogP contribution in [0.1, 0.15) is 65.5 Å². The van der Waals surface area contributed by atoms with E-state index in [0.717, 1.165) is 11.1 Å². The van der Waals surface area contributed by atoms with Gasteiger partial charge in [-0.3, -0.25) is 4.79 Å². The van der Waals surface area contributed by atoms with Crippen LogP contribution in [0.2, 0.25) is 0 Å². The molecule has 0 bridgehead atoms. The zero-order chi connectivity index (χ0) is 18.3. The van der Waals surface area contributed by atoms with E-state index in [4.69, 9.17) is 14.7 Å². The average molecular weight is 354 g/mol. The van der Waals surface area contributed by atoms with Crippen LogP contribution in [-0.4, -0.2) is 26.4 Å². The maximum Gasteiger partial charge on any atom is 0.271 e. The summed E-state index contributed by atoms with van der Waals surface area (Å²) in [5.41, 5.74) is 7.22. The highest BCUT2D eigenvalue weighted by Gasteiger charge is 2.40. The Hall–Kier alpha value is -3.00. The van der Waals surface area contributed by atoms with Crippen molar-refractivity contribution in [2.45, 2.75) is 37.7 Å². The molecular formula is C18H18N4O4. The summed E-state index contributed by atoms with van der Waals surface area (Å²) in [6.07, 6.45) is 0.627. The highest BCUT2D eigenvalue weighted by Crippen LogP contribution is 2.50. The Labute approximate surface area is 149 Å². The second-order valence-electron chi connectivity index (χ2n) is 6.52. The van der Waals surface area contributed by atoms with Crippen LogP contribution in [0.4, 0.5) is 0 Å². The number of nitrogens with zero attached hydrogens (tertiary/aromatic N) is 3. The molecule has 1 fully saturated rings. The Balaban J connectivity index is 1.60. The molecule has 1 aliphatic rings. The number of aliphatic hydroxyl groups is 1. The van der Waals surface area contributed by atoms with Gasteiger partial charge in [-0.15, -0.1) is 10.2 Å². The molecule has 2 heterocycles. The van der Waals surface area contributed by atoms with Gasteiger partial charge in [-0.2, -0.15) is 0 Å². The Bertz CT molecular complexity index is 926. The Kier molecular flexibility index (Phi) is 4.04. The third-order valence-corrected chi connectivity index (χ3v) is 4.71. The lowest BCUT2D eigenvalue weighted by Crippen LogP contribution is -2.24. The SMILES string of the molecule is C[C@@H](O)c1nnc(C2CC(c3c(C(N)=O)noc3-c3ccccc3)C2)o1. The fourth-order valence-electron chi connectivity index (χ4n) is 3.29. The van der Waals surface area contributed by atoms with Crippen molar-refractivity contribution in [2.75, 3.05) is 0 Å². The van der Waals surface area contributed by atoms with E-state index in [2.05, 4.69) is 15.4 Å². The minimum atomic E-state index is -0.795. The van der Waals surface area contributed by atoms with Crippen molar-refractivity contribution in [2.24, 2.45) is 5.73 Å². The first kappa shape index (κ1) is 16.5. The van der Waals surface area contributed by atoms with Crippen LogP contribution in [0.15, 0.2) is 39.3 Å². The number of rotatable bonds is 5. The summed E-state index contributed by atoms with van der Waals surface area (Å²) in [5.74, 6) is 0.790. The highest BCUT2D eigenvalue weighted by molar-refractivity contribution is 5.94. The van der Waals surface area contributed by atoms with Crippen molar-refractivity contribution >= 4 is 5.91 Å². The molecule has 0 saturated heterocycles. The summed E-state index contributed by atoms with van der Waals surface area (Å²) in [5, 5.41) is 21.2. The summed E-state index contributed by atoms with van der Waals surface area (Å²) in [6, 6.07) is 9.50. The molecule has 2 aromatic heterocycles. The molecule has 0 spiro atoms. The smallest absolute Gasteiger partial charge is 0.271 e. The van der Waals surface area contributed by atoms with E-state index in [0.29, 0.717) is 24.5 Å². The fourth-order valence-corrected chi connectivity index (χ4v) is 3.29. The topological polar surface area (TPSA) is 128 Å². The standard InChI is InChI=1S/C18H18N4O4/c1-9(23)17-20-21-18(25-17)12-7-11(8-12)13-14(16(19)24)22-26-15(13)10-5-3-2-4-6-10/h2-6,9,11-12,23H,7-8H2,1H3,(H2,19,24)/t9-,11?,12?/m1/s1. The van der Waals surface area contributed by atoms with Gasteiger partial charge in [0.25, 0.3) is 5.91 Å². The third-order valence-electron chi connectivity index (χ3n) is 4.71. The average Bonchev–Trinajstić information content (AvgIpc) is 3.22. The highest BCUT2D eigenvalue weighted by atomic mass is 16.5. The van der Waals surface area contributed by atoms with Crippen LogP contribution >= 0.6 is 0 Å². The van der Waals surface area contributed by atoms with Crippen LogP contribution < -0.4 is 5.73 Å². The van der Waals surface area contributed by atoms with Gasteiger partial charge in [-0.25, -0.2) is 0 Å². The maximum absolute atomic E-state index is 11.8. The number of aromatic nitrogens is 3. The van der Waals surface area contributed by atoms with E-state index in [1.54, 1.807) is 6.92 Å². The molecule has 3 N–H and O–H groups in total. The van der Waals surface area contributed by atoms with E-state index in [9.17, 15) is 9.90 Å². The van der Waals surface area contributed by atoms with E-state index in [-0.39, 0.29) is 23.4 Å². The summed E-state index contributed by atoms with van der Waals surface area (Å²) in [6.45, 7) is 1.57. The van der Waals surface area contributed by atoms with Gasteiger partial charge in [0, 0.05) is 17.0 Å². The quantitative estimate of drug-likeness (QED) is 0.720. The summed E-state index contributed by atoms with van der Waals surface area (Å²) >= 11 is 0. The van der Waals surface area contributed by atoms with Crippen molar-refractivity contribution in [1.82, 2.24) is 15.4 Å². The maximum atomic E-state index is 11.8. The van der Waals surface area contributed by atoms with Gasteiger partial charge in [-0.05, 0) is 25.7 Å². The molecule has 8 heteroatoms. The predicted molar refractivity (Wildman–Crippen MR) is 90.1 cm³/mol. The number of hydrogen-bond donors (Lipinski definition) is 2. The van der Waals surface area contributed by atoms with Crippen molar-refractivity contribution in [3.8, 4) is 11.3 Å². The first-order valence-electron chi connectivity index (χ1n) is 8.40. The van der Waals surface area contributed by atoms with Crippen LogP contribution in [0.25, 0.3) is 11.3 Å². The van der Waals surface area contributed by atoms with E-state index in [1.807, 2.05) is 30.3 Å². The normalized spacial score (nSPS) is 20.5. The minimum Gasteiger partial charge on any atom is -0.422 e. The number of amides is 1. The summed E-state index contributed by atoms with van der Waals surface area (Å²) in [4.78, 5) is 11.8. The minimum absolute atomic E-state index is 0.0610. The predicted octanol–water partition coefficient (Wildman–Crippen LogP) is 2.54. The van der Waals surface area contributed by atoms with Gasteiger partial charge in [-0.1, -0.05) is 35.5 Å². The van der Waals surface area contributed by atoms with E-state index in [1.165, 1.54) is 0 Å². The Morgan fingerprint density at radius 3 is 2.58 bits per heavy atom. The number of benzene rings is 1. The third kappa shape index (κ3) is 2.78. The molecular weight excluding hydrogens is 336 g/mol. The number of hydrogen-bond acceptors (Lipinski definition) is 7. The Morgan fingerprint density at radius 1 is 1.23 bits per heavy atom. The molecule has 1 aromatic carbocycles. The van der Waals surface area contributed by atoms with Crippen molar-refractivity contribution < 1.29 is 18.8 Å². The monoisotopic (exact) mass is 354 g/mol. The number of aliphatic hydroxyl groups excluding tert-OH is 1. The van der Waals surface area contributed by atoms with Crippen LogP contribution in [0.5, 0.6) is 0 Å². The second-order valence-corrected chi connectivity index (χ2v) is 6.52. The van der Waals surface area contributed by atoms with Gasteiger partial charge < -0.3 is 19.8 Å². The zero-order valence-electron chi connectivity index (χ0n) is 14.1. The van der Waals surface area contributed by atoms with Crippen LogP contribution in [0, 0.1) is 0 Å². The molecule has 26 heavy (non-hydrogen) atoms. The van der Waals surface area contributed by atoms with Gasteiger partial charge >= 0.3 is 0 Å². The molecule has 4 rings (SSSR count). The van der Waals surface area contributed by atoms with Gasteiger partial charge in [0.1, 0.15) is 6.10 Å². The molecule has 1 amide bonds. The van der Waals surface area contributed by atoms with Crippen molar-refractivity contribution in [3.05, 3.63) is 53.4 Å². The van der Waals surface area contributed by atoms with Gasteiger partial charge in [0.05, 0.1) is 0 Å². The molecule has 0 unspecified atom stereocenters. The molecule has 1 aliphatic carbocycles. The fraction of sp³-hybridized carbons (Fsp3) is 0.333. The molecule has 0 radical (unpaired) electrons. The lowest BCUT2D eigenvalue weighted by molar-refractivity contribution is 0.0989. The van der Waals surface area contributed by atoms with Crippen molar-refractivity contribution in [3.63, 3.8) is 0 Å². The lowest BCUT2D eigenvalue weighted by Gasteiger charge is -2.33. The number of nitrogens with two attached hydrogens (primary N) is 1. The number of primary amides is 1. The molecule has 134 valence electrons. The van der Waals surface area contributed by atoms with E-state index < -0.39 is 12.0 Å². The molecule has 8 nitrogen and oxygen atoms in total. The molecule has 0 aliphatic heterocycles.